The van der Waals surface area contributed by atoms with E-state index in [1.54, 1.807) is 25.1 Å². The summed E-state index contributed by atoms with van der Waals surface area (Å²) in [4.78, 5) is 26.9. The van der Waals surface area contributed by atoms with Gasteiger partial charge in [0, 0.05) is 5.38 Å². The minimum Gasteiger partial charge on any atom is -0.466 e. The van der Waals surface area contributed by atoms with Gasteiger partial charge in [-0.15, -0.1) is 11.3 Å². The zero-order valence-corrected chi connectivity index (χ0v) is 14.9. The third kappa shape index (κ3) is 5.00. The Morgan fingerprint density at radius 1 is 1.28 bits per heavy atom. The Labute approximate surface area is 147 Å². The highest BCUT2D eigenvalue weighted by Gasteiger charge is 2.19. The Balaban J connectivity index is 2.17. The van der Waals surface area contributed by atoms with Crippen LogP contribution in [-0.4, -0.2) is 42.6 Å². The first kappa shape index (κ1) is 18.9. The molecule has 2 rings (SSSR count). The molecule has 0 fully saturated rings. The summed E-state index contributed by atoms with van der Waals surface area (Å²) >= 11 is 0.909. The predicted octanol–water partition coefficient (Wildman–Crippen LogP) is 0.794. The average Bonchev–Trinajstić information content (AvgIpc) is 2.88. The minimum atomic E-state index is -3.82. The molecule has 1 amide bonds. The smallest absolute Gasteiger partial charge is 0.311 e. The van der Waals surface area contributed by atoms with Crippen LogP contribution in [0.25, 0.3) is 0 Å². The van der Waals surface area contributed by atoms with Gasteiger partial charge in [-0.25, -0.2) is 8.42 Å². The largest absolute Gasteiger partial charge is 0.466 e. The van der Waals surface area contributed by atoms with Gasteiger partial charge in [0.2, 0.25) is 4.80 Å². The van der Waals surface area contributed by atoms with Gasteiger partial charge < -0.3 is 9.94 Å². The monoisotopic (exact) mass is 384 g/mol. The SMILES string of the molecule is CCOC(=O)Cc1csc(=NC(=O)CS(=O)(=O)c2ccccc2)n1O. The van der Waals surface area contributed by atoms with E-state index in [4.69, 9.17) is 4.74 Å². The second-order valence-corrected chi connectivity index (χ2v) is 7.71. The Kier molecular flexibility index (Phi) is 6.10. The Morgan fingerprint density at radius 3 is 2.60 bits per heavy atom. The summed E-state index contributed by atoms with van der Waals surface area (Å²) in [6.45, 7) is 1.87. The highest BCUT2D eigenvalue weighted by molar-refractivity contribution is 7.92. The van der Waals surface area contributed by atoms with E-state index in [2.05, 4.69) is 4.99 Å². The molecule has 0 aliphatic heterocycles. The highest BCUT2D eigenvalue weighted by Crippen LogP contribution is 2.10. The number of benzene rings is 1. The third-order valence-corrected chi connectivity index (χ3v) is 5.50. The molecule has 1 aromatic carbocycles. The number of nitrogens with zero attached hydrogens (tertiary/aromatic N) is 2. The molecule has 0 unspecified atom stereocenters. The van der Waals surface area contributed by atoms with Gasteiger partial charge >= 0.3 is 5.97 Å². The summed E-state index contributed by atoms with van der Waals surface area (Å²) in [6.07, 6.45) is -0.188. The number of hydrogen-bond donors (Lipinski definition) is 1. The van der Waals surface area contributed by atoms with Crippen molar-refractivity contribution in [3.05, 3.63) is 46.2 Å². The maximum atomic E-state index is 12.1. The number of ether oxygens (including phenoxy) is 1. The molecular weight excluding hydrogens is 368 g/mol. The molecule has 0 atom stereocenters. The molecule has 0 radical (unpaired) electrons. The van der Waals surface area contributed by atoms with Crippen LogP contribution in [0.1, 0.15) is 12.6 Å². The van der Waals surface area contributed by atoms with Crippen LogP contribution in [-0.2, 0) is 30.6 Å². The van der Waals surface area contributed by atoms with Crippen molar-refractivity contribution in [3.8, 4) is 0 Å². The number of amides is 1. The minimum absolute atomic E-state index is 0.0182. The Morgan fingerprint density at radius 2 is 1.96 bits per heavy atom. The van der Waals surface area contributed by atoms with Crippen LogP contribution < -0.4 is 4.80 Å². The van der Waals surface area contributed by atoms with Crippen molar-refractivity contribution in [3.63, 3.8) is 0 Å². The lowest BCUT2D eigenvalue weighted by molar-refractivity contribution is -0.142. The summed E-state index contributed by atoms with van der Waals surface area (Å²) in [7, 11) is -3.82. The van der Waals surface area contributed by atoms with Crippen molar-refractivity contribution in [2.24, 2.45) is 4.99 Å². The van der Waals surface area contributed by atoms with E-state index in [1.165, 1.54) is 17.5 Å². The molecule has 1 N–H and O–H groups in total. The van der Waals surface area contributed by atoms with Gasteiger partial charge in [-0.3, -0.25) is 9.59 Å². The van der Waals surface area contributed by atoms with Crippen molar-refractivity contribution in [1.82, 2.24) is 4.73 Å². The Bertz CT molecular complexity index is 928. The molecule has 0 saturated carbocycles. The second kappa shape index (κ2) is 8.08. The van der Waals surface area contributed by atoms with Gasteiger partial charge in [-0.05, 0) is 19.1 Å². The van der Waals surface area contributed by atoms with E-state index in [0.717, 1.165) is 11.3 Å². The molecule has 0 bridgehead atoms. The predicted molar refractivity (Wildman–Crippen MR) is 88.9 cm³/mol. The van der Waals surface area contributed by atoms with Gasteiger partial charge in [0.05, 0.1) is 23.6 Å². The number of hydrogen-bond acceptors (Lipinski definition) is 7. The quantitative estimate of drug-likeness (QED) is 0.582. The number of sulfone groups is 1. The number of carbonyl (C=O) groups excluding carboxylic acids is 2. The fourth-order valence-corrected chi connectivity index (χ4v) is 3.83. The van der Waals surface area contributed by atoms with Crippen molar-refractivity contribution in [2.75, 3.05) is 12.4 Å². The van der Waals surface area contributed by atoms with E-state index in [-0.39, 0.29) is 28.4 Å². The molecule has 8 nitrogen and oxygen atoms in total. The van der Waals surface area contributed by atoms with Crippen molar-refractivity contribution >= 4 is 33.1 Å². The molecule has 1 aromatic heterocycles. The van der Waals surface area contributed by atoms with Gasteiger partial charge in [-0.1, -0.05) is 18.2 Å². The summed E-state index contributed by atoms with van der Waals surface area (Å²) in [5.74, 6) is -2.27. The number of rotatable bonds is 6. The van der Waals surface area contributed by atoms with Gasteiger partial charge in [0.1, 0.15) is 5.75 Å². The number of thiazole rings is 1. The molecule has 10 heteroatoms. The van der Waals surface area contributed by atoms with E-state index in [9.17, 15) is 23.2 Å². The molecule has 2 aromatic rings. The van der Waals surface area contributed by atoms with Gasteiger partial charge in [0.25, 0.3) is 5.91 Å². The Hall–Kier alpha value is -2.46. The van der Waals surface area contributed by atoms with Crippen LogP contribution in [0.4, 0.5) is 0 Å². The van der Waals surface area contributed by atoms with E-state index < -0.39 is 27.5 Å². The fourth-order valence-electron chi connectivity index (χ4n) is 1.91. The first-order chi connectivity index (χ1) is 11.8. The first-order valence-electron chi connectivity index (χ1n) is 7.23. The normalized spacial score (nSPS) is 12.1. The topological polar surface area (TPSA) is 115 Å². The second-order valence-electron chi connectivity index (χ2n) is 4.88. The number of aromatic nitrogens is 1. The standard InChI is InChI=1S/C15H16N2O6S2/c1-2-23-14(19)8-11-9-24-15(17(11)20)16-13(18)10-25(21,22)12-6-4-3-5-7-12/h3-7,9,20H,2,8,10H2,1H3. The highest BCUT2D eigenvalue weighted by atomic mass is 32.2. The lowest BCUT2D eigenvalue weighted by Crippen LogP contribution is -2.22. The molecule has 0 spiro atoms. The molecule has 25 heavy (non-hydrogen) atoms. The van der Waals surface area contributed by atoms with Gasteiger partial charge in [0.15, 0.2) is 9.84 Å². The third-order valence-electron chi connectivity index (χ3n) is 3.02. The molecule has 134 valence electrons. The summed E-state index contributed by atoms with van der Waals surface area (Å²) in [6, 6.07) is 7.54. The zero-order chi connectivity index (χ0) is 18.4. The maximum absolute atomic E-state index is 12.1. The maximum Gasteiger partial charge on any atom is 0.311 e. The van der Waals surface area contributed by atoms with Crippen LogP contribution in [0.15, 0.2) is 45.6 Å². The fraction of sp³-hybridized carbons (Fsp3) is 0.267. The van der Waals surface area contributed by atoms with Crippen LogP contribution in [0.2, 0.25) is 0 Å². The van der Waals surface area contributed by atoms with Crippen LogP contribution in [0.3, 0.4) is 0 Å². The number of esters is 1. The van der Waals surface area contributed by atoms with Gasteiger partial charge in [-0.2, -0.15) is 9.72 Å². The first-order valence-corrected chi connectivity index (χ1v) is 9.76. The van der Waals surface area contributed by atoms with Crippen molar-refractivity contribution < 1.29 is 28.0 Å². The van der Waals surface area contributed by atoms with Crippen LogP contribution in [0.5, 0.6) is 0 Å². The molecule has 1 heterocycles. The van der Waals surface area contributed by atoms with E-state index >= 15 is 0 Å². The number of carbonyl (C=O) groups is 2. The van der Waals surface area contributed by atoms with Crippen molar-refractivity contribution in [1.29, 1.82) is 0 Å². The van der Waals surface area contributed by atoms with Crippen molar-refractivity contribution in [2.45, 2.75) is 18.2 Å². The summed E-state index contributed by atoms with van der Waals surface area (Å²) in [5, 5.41) is 11.4. The summed E-state index contributed by atoms with van der Waals surface area (Å²) < 4.78 is 29.6. The van der Waals surface area contributed by atoms with E-state index in [0.29, 0.717) is 4.73 Å². The average molecular weight is 384 g/mol. The molecule has 0 aliphatic rings. The summed E-state index contributed by atoms with van der Waals surface area (Å²) in [5.41, 5.74) is 0.195. The van der Waals surface area contributed by atoms with Crippen LogP contribution >= 0.6 is 11.3 Å². The molecule has 0 saturated heterocycles. The lowest BCUT2D eigenvalue weighted by Gasteiger charge is -2.02. The van der Waals surface area contributed by atoms with E-state index in [1.807, 2.05) is 0 Å². The molecular formula is C15H16N2O6S2. The zero-order valence-electron chi connectivity index (χ0n) is 13.3. The van der Waals surface area contributed by atoms with Crippen LogP contribution in [0, 0.1) is 0 Å². The molecule has 0 aliphatic carbocycles. The lowest BCUT2D eigenvalue weighted by atomic mass is 10.3.